The molecule has 1 atom stereocenters. The number of nitrogens with zero attached hydrogens (tertiary/aromatic N) is 1. The van der Waals surface area contributed by atoms with Crippen LogP contribution in [0.4, 0.5) is 17.6 Å². The van der Waals surface area contributed by atoms with Gasteiger partial charge >= 0.3 is 5.51 Å². The van der Waals surface area contributed by atoms with Crippen LogP contribution in [0.2, 0.25) is 0 Å². The van der Waals surface area contributed by atoms with Crippen molar-refractivity contribution in [3.63, 3.8) is 0 Å². The molecule has 0 bridgehead atoms. The van der Waals surface area contributed by atoms with Crippen LogP contribution in [0.3, 0.4) is 0 Å². The van der Waals surface area contributed by atoms with Gasteiger partial charge in [0, 0.05) is 17.4 Å². The molecule has 2 aromatic carbocycles. The summed E-state index contributed by atoms with van der Waals surface area (Å²) in [6, 6.07) is 10.8. The van der Waals surface area contributed by atoms with Crippen LogP contribution in [0.25, 0.3) is 0 Å². The van der Waals surface area contributed by atoms with E-state index in [1.807, 2.05) is 0 Å². The molecule has 1 aliphatic rings. The van der Waals surface area contributed by atoms with E-state index in [1.165, 1.54) is 31.4 Å². The molecule has 3 aromatic rings. The Morgan fingerprint density at radius 2 is 1.91 bits per heavy atom. The lowest BCUT2D eigenvalue weighted by Gasteiger charge is -2.19. The molecule has 1 saturated carbocycles. The summed E-state index contributed by atoms with van der Waals surface area (Å²) in [5, 5.41) is 2.86. The number of rotatable bonds is 8. The van der Waals surface area contributed by atoms with Crippen LogP contribution in [0.15, 0.2) is 58.2 Å². The first-order valence-corrected chi connectivity index (χ1v) is 11.5. The van der Waals surface area contributed by atoms with Crippen LogP contribution in [0.1, 0.15) is 46.3 Å². The minimum absolute atomic E-state index is 0.0537. The van der Waals surface area contributed by atoms with Crippen molar-refractivity contribution in [1.29, 1.82) is 0 Å². The first-order chi connectivity index (χ1) is 16.6. The number of ether oxygens (including phenoxy) is 1. The summed E-state index contributed by atoms with van der Waals surface area (Å²) in [5.41, 5.74) is -3.83. The van der Waals surface area contributed by atoms with Gasteiger partial charge in [-0.15, -0.1) is 0 Å². The molecular formula is C24H21F4N3O3S. The van der Waals surface area contributed by atoms with Crippen molar-refractivity contribution in [1.82, 2.24) is 15.3 Å². The van der Waals surface area contributed by atoms with Crippen molar-refractivity contribution >= 4 is 17.7 Å². The first-order valence-electron chi connectivity index (χ1n) is 10.7. The molecule has 11 heteroatoms. The monoisotopic (exact) mass is 507 g/mol. The molecule has 1 fully saturated rings. The second-order valence-corrected chi connectivity index (χ2v) is 9.27. The molecule has 184 valence electrons. The summed E-state index contributed by atoms with van der Waals surface area (Å²) in [7, 11) is 1.35. The Morgan fingerprint density at radius 1 is 1.20 bits per heavy atom. The van der Waals surface area contributed by atoms with Crippen molar-refractivity contribution in [2.75, 3.05) is 7.11 Å². The largest absolute Gasteiger partial charge is 0.494 e. The Balaban J connectivity index is 1.51. The highest BCUT2D eigenvalue weighted by molar-refractivity contribution is 8.00. The molecule has 1 heterocycles. The lowest BCUT2D eigenvalue weighted by Crippen LogP contribution is -2.32. The number of halogens is 4. The Bertz CT molecular complexity index is 1270. The number of nitrogens with one attached hydrogen (secondary N) is 2. The number of thioether (sulfide) groups is 1. The second kappa shape index (κ2) is 10.1. The maximum absolute atomic E-state index is 14.0. The number of alkyl halides is 3. The molecule has 1 aromatic heterocycles. The fourth-order valence-corrected chi connectivity index (χ4v) is 4.26. The number of aromatic nitrogens is 2. The molecule has 4 rings (SSSR count). The van der Waals surface area contributed by atoms with Gasteiger partial charge in [-0.1, -0.05) is 18.2 Å². The van der Waals surface area contributed by atoms with Crippen LogP contribution in [0, 0.1) is 11.7 Å². The highest BCUT2D eigenvalue weighted by Crippen LogP contribution is 2.42. The van der Waals surface area contributed by atoms with Crippen molar-refractivity contribution in [3.05, 3.63) is 87.3 Å². The van der Waals surface area contributed by atoms with Gasteiger partial charge in [-0.25, -0.2) is 9.37 Å². The lowest BCUT2D eigenvalue weighted by atomic mass is 10.0. The number of amides is 1. The van der Waals surface area contributed by atoms with Gasteiger partial charge in [0.15, 0.2) is 11.6 Å². The van der Waals surface area contributed by atoms with Gasteiger partial charge in [-0.3, -0.25) is 9.59 Å². The fourth-order valence-electron chi connectivity index (χ4n) is 3.72. The third-order valence-electron chi connectivity index (χ3n) is 5.46. The fraction of sp³-hybridized carbons (Fsp3) is 0.292. The molecule has 35 heavy (non-hydrogen) atoms. The quantitative estimate of drug-likeness (QED) is 0.331. The van der Waals surface area contributed by atoms with Gasteiger partial charge in [0.05, 0.1) is 13.2 Å². The Morgan fingerprint density at radius 3 is 2.51 bits per heavy atom. The third-order valence-corrected chi connectivity index (χ3v) is 6.20. The van der Waals surface area contributed by atoms with Crippen molar-refractivity contribution in [2.24, 2.45) is 5.92 Å². The molecule has 1 amide bonds. The van der Waals surface area contributed by atoms with Gasteiger partial charge in [0.25, 0.3) is 11.5 Å². The van der Waals surface area contributed by atoms with E-state index < -0.39 is 28.8 Å². The average molecular weight is 508 g/mol. The van der Waals surface area contributed by atoms with E-state index in [0.717, 1.165) is 18.9 Å². The summed E-state index contributed by atoms with van der Waals surface area (Å²) in [6.45, 7) is 0. The number of hydrogen-bond donors (Lipinski definition) is 2. The van der Waals surface area contributed by atoms with E-state index in [0.29, 0.717) is 11.1 Å². The van der Waals surface area contributed by atoms with E-state index in [1.54, 1.807) is 18.2 Å². The summed E-state index contributed by atoms with van der Waals surface area (Å²) in [6.07, 6.45) is 1.81. The highest BCUT2D eigenvalue weighted by atomic mass is 32.2. The number of hydrogen-bond acceptors (Lipinski definition) is 5. The van der Waals surface area contributed by atoms with Gasteiger partial charge in [0.2, 0.25) is 0 Å². The molecular weight excluding hydrogens is 486 g/mol. The lowest BCUT2D eigenvalue weighted by molar-refractivity contribution is -0.0328. The Hall–Kier alpha value is -3.34. The third kappa shape index (κ3) is 6.62. The number of aromatic amines is 1. The molecule has 0 unspecified atom stereocenters. The minimum atomic E-state index is -4.38. The van der Waals surface area contributed by atoms with Gasteiger partial charge in [-0.05, 0) is 65.9 Å². The van der Waals surface area contributed by atoms with E-state index >= 15 is 0 Å². The summed E-state index contributed by atoms with van der Waals surface area (Å²) in [4.78, 5) is 32.0. The number of H-pyrrole nitrogens is 1. The van der Waals surface area contributed by atoms with Crippen LogP contribution in [0.5, 0.6) is 5.75 Å². The van der Waals surface area contributed by atoms with E-state index in [4.69, 9.17) is 4.74 Å². The normalized spacial score (nSPS) is 14.4. The number of methoxy groups -OCH3 is 1. The zero-order chi connectivity index (χ0) is 25.2. The first kappa shape index (κ1) is 24.8. The van der Waals surface area contributed by atoms with E-state index in [2.05, 4.69) is 15.3 Å². The SMILES string of the molecule is COc1ccc(Cc2nc(C(=O)N[C@@H](c3ccc(SC(F)(F)F)cc3)C3CC3)cc(=O)[nH]2)cc1F. The van der Waals surface area contributed by atoms with Gasteiger partial charge in [-0.2, -0.15) is 13.2 Å². The molecule has 2 N–H and O–H groups in total. The number of carbonyl (C=O) groups is 1. The average Bonchev–Trinajstić information content (AvgIpc) is 3.62. The standard InChI is InChI=1S/C24H21F4N3O3S/c1-34-19-9-2-13(10-17(19)25)11-20-29-18(12-21(32)30-20)23(33)31-22(14-3-4-14)15-5-7-16(8-6-15)35-24(26,27)28/h2,5-10,12,14,22H,3-4,11H2,1H3,(H,31,33)(H,29,30,32)/t22-/m1/s1. The maximum atomic E-state index is 14.0. The smallest absolute Gasteiger partial charge is 0.446 e. The predicted octanol–water partition coefficient (Wildman–Crippen LogP) is 5.00. The van der Waals surface area contributed by atoms with Gasteiger partial charge < -0.3 is 15.0 Å². The van der Waals surface area contributed by atoms with Gasteiger partial charge in [0.1, 0.15) is 11.5 Å². The van der Waals surface area contributed by atoms with Crippen LogP contribution in [-0.4, -0.2) is 28.5 Å². The van der Waals surface area contributed by atoms with E-state index in [9.17, 15) is 27.2 Å². The van der Waals surface area contributed by atoms with Crippen LogP contribution in [-0.2, 0) is 6.42 Å². The molecule has 6 nitrogen and oxygen atoms in total. The van der Waals surface area contributed by atoms with Crippen molar-refractivity contribution < 1.29 is 27.1 Å². The zero-order valence-corrected chi connectivity index (χ0v) is 19.3. The predicted molar refractivity (Wildman–Crippen MR) is 122 cm³/mol. The molecule has 0 radical (unpaired) electrons. The van der Waals surface area contributed by atoms with Crippen LogP contribution >= 0.6 is 11.8 Å². The van der Waals surface area contributed by atoms with Crippen molar-refractivity contribution in [2.45, 2.75) is 35.7 Å². The summed E-state index contributed by atoms with van der Waals surface area (Å²) < 4.78 is 56.7. The molecule has 0 spiro atoms. The van der Waals surface area contributed by atoms with Crippen molar-refractivity contribution in [3.8, 4) is 5.75 Å². The Kier molecular flexibility index (Phi) is 7.15. The zero-order valence-electron chi connectivity index (χ0n) is 18.5. The number of benzene rings is 2. The highest BCUT2D eigenvalue weighted by Gasteiger charge is 2.34. The second-order valence-electron chi connectivity index (χ2n) is 8.13. The maximum Gasteiger partial charge on any atom is 0.446 e. The van der Waals surface area contributed by atoms with E-state index in [-0.39, 0.29) is 46.3 Å². The minimum Gasteiger partial charge on any atom is -0.494 e. The topological polar surface area (TPSA) is 84.1 Å². The molecule has 0 aliphatic heterocycles. The molecule has 1 aliphatic carbocycles. The van der Waals surface area contributed by atoms with Crippen LogP contribution < -0.4 is 15.6 Å². The summed E-state index contributed by atoms with van der Waals surface area (Å²) in [5.74, 6) is -0.732. The number of carbonyl (C=O) groups excluding carboxylic acids is 1. The Labute approximate surface area is 202 Å². The summed E-state index contributed by atoms with van der Waals surface area (Å²) >= 11 is -0.203. The molecule has 0 saturated heterocycles.